The van der Waals surface area contributed by atoms with Crippen LogP contribution in [0.2, 0.25) is 0 Å². The number of fused-ring (bicyclic) bond motifs is 1. The van der Waals surface area contributed by atoms with Crippen molar-refractivity contribution >= 4 is 28.5 Å². The molecule has 1 aliphatic heterocycles. The van der Waals surface area contributed by atoms with Crippen molar-refractivity contribution in [2.75, 3.05) is 38.0 Å². The van der Waals surface area contributed by atoms with Gasteiger partial charge in [-0.15, -0.1) is 0 Å². The van der Waals surface area contributed by atoms with Gasteiger partial charge < -0.3 is 19.5 Å². The van der Waals surface area contributed by atoms with Gasteiger partial charge in [-0.1, -0.05) is 31.2 Å². The van der Waals surface area contributed by atoms with E-state index in [4.69, 9.17) is 4.42 Å². The third kappa shape index (κ3) is 3.73. The van der Waals surface area contributed by atoms with Crippen LogP contribution < -0.4 is 5.32 Å². The van der Waals surface area contributed by atoms with E-state index in [0.29, 0.717) is 24.1 Å². The van der Waals surface area contributed by atoms with Crippen LogP contribution in [0.15, 0.2) is 52.9 Å². The normalized spacial score (nSPS) is 14.9. The summed E-state index contributed by atoms with van der Waals surface area (Å²) in [5, 5.41) is 3.30. The van der Waals surface area contributed by atoms with Gasteiger partial charge >= 0.3 is 0 Å². The molecule has 4 rings (SSSR count). The first-order chi connectivity index (χ1) is 14.1. The van der Waals surface area contributed by atoms with Gasteiger partial charge in [0.05, 0.1) is 5.56 Å². The fraction of sp³-hybridized carbons (Fsp3) is 0.273. The lowest BCUT2D eigenvalue weighted by atomic mass is 10.1. The van der Waals surface area contributed by atoms with Gasteiger partial charge in [0.1, 0.15) is 17.1 Å². The molecule has 0 saturated carbocycles. The van der Waals surface area contributed by atoms with Crippen molar-refractivity contribution in [1.82, 2.24) is 9.80 Å². The number of hydrogen-bond donors (Lipinski definition) is 1. The Morgan fingerprint density at radius 1 is 1.03 bits per heavy atom. The maximum Gasteiger partial charge on any atom is 0.291 e. The molecule has 1 aliphatic rings. The minimum absolute atomic E-state index is 0.0702. The predicted octanol–water partition coefficient (Wildman–Crippen LogP) is 3.60. The van der Waals surface area contributed by atoms with E-state index < -0.39 is 11.7 Å². The number of rotatable bonds is 4. The molecule has 6 nitrogen and oxygen atoms in total. The van der Waals surface area contributed by atoms with Crippen LogP contribution in [0, 0.1) is 5.82 Å². The monoisotopic (exact) mass is 395 g/mol. The number of anilines is 1. The van der Waals surface area contributed by atoms with Crippen molar-refractivity contribution in [3.05, 3.63) is 65.7 Å². The highest BCUT2D eigenvalue weighted by Gasteiger charge is 2.29. The third-order valence-corrected chi connectivity index (χ3v) is 5.25. The zero-order valence-corrected chi connectivity index (χ0v) is 16.2. The van der Waals surface area contributed by atoms with Crippen LogP contribution in [-0.4, -0.2) is 54.3 Å². The van der Waals surface area contributed by atoms with Crippen LogP contribution in [0.25, 0.3) is 11.0 Å². The van der Waals surface area contributed by atoms with Crippen LogP contribution in [0.5, 0.6) is 0 Å². The SMILES string of the molecule is CCN1CCN(C(=O)c2oc3ccccc3c2NC(=O)c2ccccc2F)CC1. The number of carbonyl (C=O) groups excluding carboxylic acids is 2. The lowest BCUT2D eigenvalue weighted by Gasteiger charge is -2.33. The molecule has 2 heterocycles. The predicted molar refractivity (Wildman–Crippen MR) is 109 cm³/mol. The van der Waals surface area contributed by atoms with E-state index in [2.05, 4.69) is 17.1 Å². The molecule has 1 N–H and O–H groups in total. The molecule has 150 valence electrons. The number of para-hydroxylation sites is 1. The van der Waals surface area contributed by atoms with Crippen molar-refractivity contribution < 1.29 is 18.4 Å². The number of nitrogens with one attached hydrogen (secondary N) is 1. The fourth-order valence-electron chi connectivity index (χ4n) is 3.56. The van der Waals surface area contributed by atoms with E-state index in [1.165, 1.54) is 18.2 Å². The van der Waals surface area contributed by atoms with Gasteiger partial charge in [0.15, 0.2) is 0 Å². The standard InChI is InChI=1S/C22H22FN3O3/c1-2-25-11-13-26(14-12-25)22(28)20-19(16-8-4-6-10-18(16)29-20)24-21(27)15-7-3-5-9-17(15)23/h3-10H,2,11-14H2,1H3,(H,24,27). The second-order valence-corrected chi connectivity index (χ2v) is 6.96. The smallest absolute Gasteiger partial charge is 0.291 e. The largest absolute Gasteiger partial charge is 0.449 e. The highest BCUT2D eigenvalue weighted by Crippen LogP contribution is 2.32. The first-order valence-corrected chi connectivity index (χ1v) is 9.67. The molecule has 1 aromatic heterocycles. The Morgan fingerprint density at radius 2 is 1.72 bits per heavy atom. The minimum Gasteiger partial charge on any atom is -0.449 e. The number of nitrogens with zero attached hydrogens (tertiary/aromatic N) is 2. The molecule has 0 unspecified atom stereocenters. The summed E-state index contributed by atoms with van der Waals surface area (Å²) in [6, 6.07) is 12.8. The molecule has 2 aromatic carbocycles. The average molecular weight is 395 g/mol. The lowest BCUT2D eigenvalue weighted by molar-refractivity contribution is 0.0616. The quantitative estimate of drug-likeness (QED) is 0.733. The van der Waals surface area contributed by atoms with Crippen molar-refractivity contribution in [3.8, 4) is 0 Å². The average Bonchev–Trinajstić information content (AvgIpc) is 3.12. The zero-order chi connectivity index (χ0) is 20.4. The van der Waals surface area contributed by atoms with Crippen molar-refractivity contribution in [2.24, 2.45) is 0 Å². The summed E-state index contributed by atoms with van der Waals surface area (Å²) >= 11 is 0. The number of likely N-dealkylation sites (N-methyl/N-ethyl adjacent to an activating group) is 1. The number of furan rings is 1. The van der Waals surface area contributed by atoms with Gasteiger partial charge in [0.25, 0.3) is 11.8 Å². The summed E-state index contributed by atoms with van der Waals surface area (Å²) in [4.78, 5) is 29.8. The Hall–Kier alpha value is -3.19. The number of benzene rings is 2. The van der Waals surface area contributed by atoms with Crippen LogP contribution in [0.4, 0.5) is 10.1 Å². The maximum absolute atomic E-state index is 14.0. The molecule has 29 heavy (non-hydrogen) atoms. The Kier molecular flexibility index (Phi) is 5.31. The Labute approximate surface area is 167 Å². The third-order valence-electron chi connectivity index (χ3n) is 5.25. The van der Waals surface area contributed by atoms with Crippen LogP contribution >= 0.6 is 0 Å². The van der Waals surface area contributed by atoms with Crippen LogP contribution in [0.3, 0.4) is 0 Å². The molecule has 7 heteroatoms. The first-order valence-electron chi connectivity index (χ1n) is 9.67. The first kappa shape index (κ1) is 19.1. The van der Waals surface area contributed by atoms with E-state index in [0.717, 1.165) is 19.6 Å². The Morgan fingerprint density at radius 3 is 2.45 bits per heavy atom. The topological polar surface area (TPSA) is 65.8 Å². The molecule has 1 saturated heterocycles. The molecule has 0 atom stereocenters. The molecule has 0 spiro atoms. The second-order valence-electron chi connectivity index (χ2n) is 6.96. The number of piperazine rings is 1. The highest BCUT2D eigenvalue weighted by molar-refractivity contribution is 6.14. The van der Waals surface area contributed by atoms with Gasteiger partial charge in [-0.2, -0.15) is 0 Å². The molecule has 0 radical (unpaired) electrons. The summed E-state index contributed by atoms with van der Waals surface area (Å²) < 4.78 is 19.9. The van der Waals surface area contributed by atoms with E-state index >= 15 is 0 Å². The Balaban J connectivity index is 1.67. The molecule has 0 aliphatic carbocycles. The lowest BCUT2D eigenvalue weighted by Crippen LogP contribution is -2.48. The summed E-state index contributed by atoms with van der Waals surface area (Å²) in [6.45, 7) is 5.79. The number of halogens is 1. The van der Waals surface area contributed by atoms with Gasteiger partial charge in [-0.3, -0.25) is 9.59 Å². The summed E-state index contributed by atoms with van der Waals surface area (Å²) in [5.41, 5.74) is 0.677. The van der Waals surface area contributed by atoms with Gasteiger partial charge in [-0.25, -0.2) is 4.39 Å². The molecule has 2 amide bonds. The fourth-order valence-corrected chi connectivity index (χ4v) is 3.56. The molecule has 1 fully saturated rings. The van der Waals surface area contributed by atoms with Gasteiger partial charge in [-0.05, 0) is 30.8 Å². The van der Waals surface area contributed by atoms with Crippen LogP contribution in [-0.2, 0) is 0 Å². The van der Waals surface area contributed by atoms with Crippen molar-refractivity contribution in [3.63, 3.8) is 0 Å². The zero-order valence-electron chi connectivity index (χ0n) is 16.2. The van der Waals surface area contributed by atoms with E-state index in [-0.39, 0.29) is 22.9 Å². The van der Waals surface area contributed by atoms with E-state index in [1.807, 2.05) is 0 Å². The van der Waals surface area contributed by atoms with E-state index in [9.17, 15) is 14.0 Å². The maximum atomic E-state index is 14.0. The highest BCUT2D eigenvalue weighted by atomic mass is 19.1. The molecular weight excluding hydrogens is 373 g/mol. The molecular formula is C22H22FN3O3. The van der Waals surface area contributed by atoms with E-state index in [1.54, 1.807) is 35.2 Å². The Bertz CT molecular complexity index is 1050. The minimum atomic E-state index is -0.625. The number of carbonyl (C=O) groups is 2. The van der Waals surface area contributed by atoms with Crippen molar-refractivity contribution in [2.45, 2.75) is 6.92 Å². The summed E-state index contributed by atoms with van der Waals surface area (Å²) in [6.07, 6.45) is 0. The molecule has 0 bridgehead atoms. The van der Waals surface area contributed by atoms with Gasteiger partial charge in [0.2, 0.25) is 5.76 Å². The number of hydrogen-bond acceptors (Lipinski definition) is 4. The molecule has 3 aromatic rings. The summed E-state index contributed by atoms with van der Waals surface area (Å²) in [7, 11) is 0. The number of amides is 2. The van der Waals surface area contributed by atoms with Crippen LogP contribution in [0.1, 0.15) is 27.8 Å². The second kappa shape index (κ2) is 8.05. The van der Waals surface area contributed by atoms with Gasteiger partial charge in [0, 0.05) is 31.6 Å². The summed E-state index contributed by atoms with van der Waals surface area (Å²) in [5.74, 6) is -1.46. The van der Waals surface area contributed by atoms with Crippen molar-refractivity contribution in [1.29, 1.82) is 0 Å².